The Morgan fingerprint density at radius 3 is 2.63 bits per heavy atom. The van der Waals surface area contributed by atoms with Gasteiger partial charge in [-0.1, -0.05) is 36.4 Å². The zero-order valence-corrected chi connectivity index (χ0v) is 19.7. The highest BCUT2D eigenvalue weighted by Crippen LogP contribution is 2.31. The van der Waals surface area contributed by atoms with Crippen LogP contribution in [0, 0.1) is 6.92 Å². The van der Waals surface area contributed by atoms with Crippen LogP contribution in [0.3, 0.4) is 0 Å². The number of nitrogens with zero attached hydrogens (tertiary/aromatic N) is 6. The van der Waals surface area contributed by atoms with Crippen molar-refractivity contribution in [1.29, 1.82) is 0 Å². The molecular formula is C24H21F3N6OS. The summed E-state index contributed by atoms with van der Waals surface area (Å²) in [5.74, 6) is 0.102. The summed E-state index contributed by atoms with van der Waals surface area (Å²) >= 11 is 1.46. The number of carbonyl (C=O) groups is 1. The predicted octanol–water partition coefficient (Wildman–Crippen LogP) is 4.84. The Labute approximate surface area is 203 Å². The third kappa shape index (κ3) is 6.18. The highest BCUT2D eigenvalue weighted by atomic mass is 32.1. The van der Waals surface area contributed by atoms with Gasteiger partial charge in [-0.3, -0.25) is 4.79 Å². The second kappa shape index (κ2) is 10.2. The molecule has 2 heterocycles. The Hall–Kier alpha value is -3.86. The van der Waals surface area contributed by atoms with Crippen molar-refractivity contribution in [2.45, 2.75) is 26.2 Å². The van der Waals surface area contributed by atoms with E-state index in [0.717, 1.165) is 28.4 Å². The largest absolute Gasteiger partial charge is 0.416 e. The van der Waals surface area contributed by atoms with Crippen LogP contribution in [0.5, 0.6) is 0 Å². The van der Waals surface area contributed by atoms with Gasteiger partial charge >= 0.3 is 6.18 Å². The molecule has 0 aliphatic rings. The molecule has 0 aliphatic carbocycles. The summed E-state index contributed by atoms with van der Waals surface area (Å²) in [6.45, 7) is 1.93. The van der Waals surface area contributed by atoms with Crippen LogP contribution in [-0.4, -0.2) is 43.0 Å². The first-order valence-electron chi connectivity index (χ1n) is 10.6. The van der Waals surface area contributed by atoms with Gasteiger partial charge in [0.25, 0.3) is 0 Å². The zero-order chi connectivity index (χ0) is 25.0. The molecule has 0 saturated heterocycles. The van der Waals surface area contributed by atoms with E-state index in [-0.39, 0.29) is 12.5 Å². The number of halogens is 3. The van der Waals surface area contributed by atoms with E-state index in [1.165, 1.54) is 39.3 Å². The van der Waals surface area contributed by atoms with Crippen LogP contribution < -0.4 is 0 Å². The fraction of sp³-hybridized carbons (Fsp3) is 0.208. The third-order valence-electron chi connectivity index (χ3n) is 5.11. The summed E-state index contributed by atoms with van der Waals surface area (Å²) in [4.78, 5) is 20.0. The van der Waals surface area contributed by atoms with Gasteiger partial charge in [0.1, 0.15) is 5.01 Å². The number of carbonyl (C=O) groups excluding carboxylic acids is 1. The van der Waals surface area contributed by atoms with E-state index in [2.05, 4.69) is 20.4 Å². The molecule has 2 aromatic heterocycles. The van der Waals surface area contributed by atoms with Gasteiger partial charge in [-0.15, -0.1) is 21.5 Å². The molecule has 0 spiro atoms. The minimum Gasteiger partial charge on any atom is -0.335 e. The summed E-state index contributed by atoms with van der Waals surface area (Å²) in [6, 6.07) is 13.1. The molecule has 0 radical (unpaired) electrons. The lowest BCUT2D eigenvalue weighted by Crippen LogP contribution is -2.24. The average molecular weight is 499 g/mol. The summed E-state index contributed by atoms with van der Waals surface area (Å²) in [6.07, 6.45) is -1.67. The van der Waals surface area contributed by atoms with Crippen LogP contribution >= 0.6 is 11.3 Å². The van der Waals surface area contributed by atoms with E-state index >= 15 is 0 Å². The van der Waals surface area contributed by atoms with Gasteiger partial charge in [0, 0.05) is 24.1 Å². The van der Waals surface area contributed by atoms with Gasteiger partial charge in [0.2, 0.25) is 5.91 Å². The highest BCUT2D eigenvalue weighted by Gasteiger charge is 2.31. The van der Waals surface area contributed by atoms with Gasteiger partial charge < -0.3 is 4.90 Å². The molecule has 2 aromatic carbocycles. The van der Waals surface area contributed by atoms with Crippen LogP contribution in [-0.2, 0) is 24.1 Å². The number of benzene rings is 2. The Morgan fingerprint density at radius 1 is 1.17 bits per heavy atom. The normalized spacial score (nSPS) is 11.8. The molecular weight excluding hydrogens is 477 g/mol. The van der Waals surface area contributed by atoms with Gasteiger partial charge in [-0.25, -0.2) is 4.98 Å². The molecule has 180 valence electrons. The first-order valence-corrected chi connectivity index (χ1v) is 11.4. The Balaban J connectivity index is 1.49. The number of rotatable bonds is 7. The second-order valence-corrected chi connectivity index (χ2v) is 8.74. The maximum Gasteiger partial charge on any atom is 0.416 e. The molecule has 0 fully saturated rings. The number of alkyl halides is 3. The molecule has 0 aliphatic heterocycles. The maximum atomic E-state index is 13.2. The average Bonchev–Trinajstić information content (AvgIpc) is 3.46. The monoisotopic (exact) mass is 498 g/mol. The Bertz CT molecular complexity index is 1350. The first-order chi connectivity index (χ1) is 16.7. The van der Waals surface area contributed by atoms with Gasteiger partial charge in [0.05, 0.1) is 24.3 Å². The van der Waals surface area contributed by atoms with Crippen molar-refractivity contribution in [3.63, 3.8) is 0 Å². The van der Waals surface area contributed by atoms with Gasteiger partial charge in [0.15, 0.2) is 5.82 Å². The van der Waals surface area contributed by atoms with Crippen LogP contribution in [0.2, 0.25) is 0 Å². The number of aryl methyl sites for hydroxylation is 1. The molecule has 4 rings (SSSR count). The SMILES string of the molecule is Cc1nnn(Cc2cc(C(F)(F)F)ccc2/C=C/C(=O)N(C)Cc2nc(-c3ccccc3)cs2)n1. The van der Waals surface area contributed by atoms with Crippen LogP contribution in [0.15, 0.2) is 60.0 Å². The molecule has 7 nitrogen and oxygen atoms in total. The summed E-state index contributed by atoms with van der Waals surface area (Å²) < 4.78 is 39.7. The van der Waals surface area contributed by atoms with Crippen LogP contribution in [0.4, 0.5) is 13.2 Å². The quantitative estimate of drug-likeness (QED) is 0.341. The first kappa shape index (κ1) is 24.3. The number of amides is 1. The molecule has 0 atom stereocenters. The Morgan fingerprint density at radius 2 is 1.94 bits per heavy atom. The molecule has 0 N–H and O–H groups in total. The van der Waals surface area contributed by atoms with Crippen molar-refractivity contribution in [3.8, 4) is 11.3 Å². The summed E-state index contributed by atoms with van der Waals surface area (Å²) in [5, 5.41) is 14.3. The lowest BCUT2D eigenvalue weighted by atomic mass is 10.0. The Kier molecular flexibility index (Phi) is 7.06. The lowest BCUT2D eigenvalue weighted by molar-refractivity contribution is -0.137. The maximum absolute atomic E-state index is 13.2. The highest BCUT2D eigenvalue weighted by molar-refractivity contribution is 7.09. The van der Waals surface area contributed by atoms with Crippen LogP contribution in [0.1, 0.15) is 27.5 Å². The third-order valence-corrected chi connectivity index (χ3v) is 5.94. The minimum absolute atomic E-state index is 0.0180. The number of aromatic nitrogens is 5. The number of thiazole rings is 1. The summed E-state index contributed by atoms with van der Waals surface area (Å²) in [7, 11) is 1.64. The standard InChI is InChI=1S/C24H21F3N6OS/c1-16-29-31-33(30-16)13-19-12-20(24(25,26)27)10-8-17(19)9-11-23(34)32(2)14-22-28-21(15-35-22)18-6-4-3-5-7-18/h3-12,15H,13-14H2,1-2H3/b11-9+. The van der Waals surface area contributed by atoms with Gasteiger partial charge in [-0.2, -0.15) is 18.0 Å². The van der Waals surface area contributed by atoms with Crippen molar-refractivity contribution < 1.29 is 18.0 Å². The fourth-order valence-corrected chi connectivity index (χ4v) is 4.17. The van der Waals surface area contributed by atoms with Crippen molar-refractivity contribution in [2.75, 3.05) is 7.05 Å². The zero-order valence-electron chi connectivity index (χ0n) is 18.9. The van der Waals surface area contributed by atoms with E-state index in [4.69, 9.17) is 0 Å². The van der Waals surface area contributed by atoms with Crippen LogP contribution in [0.25, 0.3) is 17.3 Å². The van der Waals surface area contributed by atoms with E-state index in [1.54, 1.807) is 14.0 Å². The summed E-state index contributed by atoms with van der Waals surface area (Å²) in [5.41, 5.74) is 1.82. The van der Waals surface area contributed by atoms with Crippen molar-refractivity contribution >= 4 is 23.3 Å². The number of tetrazole rings is 1. The minimum atomic E-state index is -4.49. The molecule has 11 heteroatoms. The van der Waals surface area contributed by atoms with Crippen molar-refractivity contribution in [3.05, 3.63) is 87.5 Å². The molecule has 0 unspecified atom stereocenters. The number of hydrogen-bond donors (Lipinski definition) is 0. The molecule has 4 aromatic rings. The molecule has 0 saturated carbocycles. The molecule has 1 amide bonds. The van der Waals surface area contributed by atoms with Crippen molar-refractivity contribution in [2.24, 2.45) is 0 Å². The molecule has 0 bridgehead atoms. The molecule has 35 heavy (non-hydrogen) atoms. The van der Waals surface area contributed by atoms with Crippen molar-refractivity contribution in [1.82, 2.24) is 30.1 Å². The van der Waals surface area contributed by atoms with E-state index < -0.39 is 11.7 Å². The lowest BCUT2D eigenvalue weighted by Gasteiger charge is -2.14. The number of hydrogen-bond acceptors (Lipinski definition) is 6. The van der Waals surface area contributed by atoms with E-state index in [0.29, 0.717) is 23.5 Å². The van der Waals surface area contributed by atoms with E-state index in [1.807, 2.05) is 35.7 Å². The van der Waals surface area contributed by atoms with Gasteiger partial charge in [-0.05, 0) is 41.5 Å². The fourth-order valence-electron chi connectivity index (χ4n) is 3.32. The van der Waals surface area contributed by atoms with E-state index in [9.17, 15) is 18.0 Å². The smallest absolute Gasteiger partial charge is 0.335 e. The second-order valence-electron chi connectivity index (χ2n) is 7.80. The predicted molar refractivity (Wildman–Crippen MR) is 126 cm³/mol. The topological polar surface area (TPSA) is 76.8 Å². The number of likely N-dealkylation sites (N-methyl/N-ethyl adjacent to an activating group) is 1.